The lowest BCUT2D eigenvalue weighted by Gasteiger charge is -2.30. The van der Waals surface area contributed by atoms with Crippen molar-refractivity contribution in [1.29, 1.82) is 0 Å². The Morgan fingerprint density at radius 1 is 0.554 bits per heavy atom. The number of hydrogen-bond donors (Lipinski definition) is 15. The van der Waals surface area contributed by atoms with Gasteiger partial charge in [-0.2, -0.15) is 23.5 Å². The molecule has 2 heterocycles. The van der Waals surface area contributed by atoms with Crippen molar-refractivity contribution in [3.05, 3.63) is 35.4 Å². The number of aliphatic hydroxyl groups is 1. The topological polar surface area (TPSA) is 521 Å². The second-order valence-corrected chi connectivity index (χ2v) is 36.0. The van der Waals surface area contributed by atoms with E-state index < -0.39 is 218 Å². The third-order valence-electron chi connectivity index (χ3n) is 21.1. The first kappa shape index (κ1) is 106. The van der Waals surface area contributed by atoms with Crippen LogP contribution in [0.25, 0.3) is 0 Å². The molecule has 33 nitrogen and oxygen atoms in total. The molecule has 16 N–H and O–H groups in total. The van der Waals surface area contributed by atoms with Gasteiger partial charge in [0.05, 0.1) is 31.2 Å². The summed E-state index contributed by atoms with van der Waals surface area (Å²) in [5.41, 5.74) is 6.97. The average Bonchev–Trinajstić information content (AvgIpc) is 1.70. The van der Waals surface area contributed by atoms with Crippen molar-refractivity contribution in [2.45, 2.75) is 334 Å². The molecule has 0 radical (unpaired) electrons. The SMILES string of the molecule is CCCCCCCCCCCCCCCCCC(=O)NCCC(=O)N[C@@H](CC(C)C)C(=O)CC(CC(C)C)C(=O)N[C@H]1CSCc2ccccc2CSC[C@@H](C(=O)N[C@@H](CC(C)C)C(=O)N[C@@H](CC(C)C)C(N)=O)NC(=O)[C@H](CCC(=O)O)NC(=O)CNC(=O)[C@H]([C@@H](C)O)NC(=O)[C@H](CCC(=O)O)CC(=O)[C@@H]2CCCN2C(=O)[C@H](CC(=O)O)NC1=O. The second-order valence-electron chi connectivity index (χ2n) is 33.9. The number of rotatable bonds is 47. The Labute approximate surface area is 721 Å². The van der Waals surface area contributed by atoms with Crippen molar-refractivity contribution < 1.29 is 102 Å². The summed E-state index contributed by atoms with van der Waals surface area (Å²) in [4.78, 5) is 236. The fraction of sp³-hybridized carbons (Fsp3) is 0.733. The van der Waals surface area contributed by atoms with Crippen molar-refractivity contribution in [3.8, 4) is 0 Å². The highest BCUT2D eigenvalue weighted by atomic mass is 32.2. The molecule has 1 fully saturated rings. The molecule has 1 unspecified atom stereocenters. The molecule has 12 atom stereocenters. The maximum atomic E-state index is 15.1. The molecule has 2 aliphatic rings. The average molecular weight is 1740 g/mol. The summed E-state index contributed by atoms with van der Waals surface area (Å²) in [5.74, 6) is -20.1. The fourth-order valence-electron chi connectivity index (χ4n) is 14.6. The van der Waals surface area contributed by atoms with E-state index in [0.717, 1.165) is 54.6 Å². The number of aliphatic carboxylic acids is 3. The van der Waals surface area contributed by atoms with E-state index in [2.05, 4.69) is 60.1 Å². The minimum absolute atomic E-state index is 0.0195. The quantitative estimate of drug-likeness (QED) is 0.0317. The number of Topliss-reactive ketones (excluding diaryl/α,β-unsaturated/α-hetero) is 2. The number of hydrogen-bond acceptors (Lipinski definition) is 20. The zero-order valence-electron chi connectivity index (χ0n) is 72.8. The Morgan fingerprint density at radius 3 is 1.64 bits per heavy atom. The number of carboxylic acids is 3. The molecule has 0 aromatic heterocycles. The van der Waals surface area contributed by atoms with E-state index >= 15 is 9.59 Å². The third kappa shape index (κ3) is 43.7. The van der Waals surface area contributed by atoms with E-state index in [1.807, 2.05) is 41.5 Å². The molecule has 1 aromatic rings. The minimum atomic E-state index is -1.91. The summed E-state index contributed by atoms with van der Waals surface area (Å²) in [6.07, 6.45) is 12.1. The highest BCUT2D eigenvalue weighted by Crippen LogP contribution is 2.28. The Morgan fingerprint density at radius 2 is 1.10 bits per heavy atom. The van der Waals surface area contributed by atoms with Crippen LogP contribution in [0, 0.1) is 35.5 Å². The lowest BCUT2D eigenvalue weighted by Crippen LogP contribution is -2.59. The summed E-state index contributed by atoms with van der Waals surface area (Å²) in [7, 11) is 0. The number of aliphatic hydroxyl groups excluding tert-OH is 1. The molecule has 12 amide bonds. The first-order valence-electron chi connectivity index (χ1n) is 43.5. The van der Waals surface area contributed by atoms with Crippen LogP contribution >= 0.6 is 23.5 Å². The van der Waals surface area contributed by atoms with Crippen LogP contribution in [-0.2, 0) is 93.0 Å². The summed E-state index contributed by atoms with van der Waals surface area (Å²) < 4.78 is 0. The zero-order valence-corrected chi connectivity index (χ0v) is 74.4. The van der Waals surface area contributed by atoms with Crippen LogP contribution in [0.15, 0.2) is 24.3 Å². The van der Waals surface area contributed by atoms with E-state index in [1.165, 1.54) is 70.6 Å². The van der Waals surface area contributed by atoms with Crippen LogP contribution in [0.1, 0.15) is 273 Å². The lowest BCUT2D eigenvalue weighted by molar-refractivity contribution is -0.146. The van der Waals surface area contributed by atoms with Gasteiger partial charge in [-0.1, -0.05) is 176 Å². The molecule has 0 saturated carbocycles. The molecule has 1 aromatic carbocycles. The molecule has 0 spiro atoms. The van der Waals surface area contributed by atoms with Crippen LogP contribution in [0.4, 0.5) is 0 Å². The van der Waals surface area contributed by atoms with Gasteiger partial charge in [0.1, 0.15) is 42.3 Å². The number of carboxylic acid groups (broad SMARTS) is 3. The van der Waals surface area contributed by atoms with Gasteiger partial charge in [0.2, 0.25) is 70.9 Å². The van der Waals surface area contributed by atoms with Crippen LogP contribution < -0.4 is 58.9 Å². The fourth-order valence-corrected chi connectivity index (χ4v) is 16.7. The predicted molar refractivity (Wildman–Crippen MR) is 460 cm³/mol. The molecule has 0 aliphatic carbocycles. The van der Waals surface area contributed by atoms with E-state index in [9.17, 15) is 92.3 Å². The number of fused-ring (bicyclic) bond motifs is 2. The molecule has 0 bridgehead atoms. The van der Waals surface area contributed by atoms with Gasteiger partial charge < -0.3 is 84.2 Å². The van der Waals surface area contributed by atoms with E-state index in [-0.39, 0.29) is 111 Å². The van der Waals surface area contributed by atoms with Gasteiger partial charge in [-0.3, -0.25) is 81.5 Å². The van der Waals surface area contributed by atoms with Crippen molar-refractivity contribution in [2.24, 2.45) is 41.2 Å². The first-order valence-corrected chi connectivity index (χ1v) is 45.8. The molecule has 35 heteroatoms. The largest absolute Gasteiger partial charge is 0.481 e. The van der Waals surface area contributed by atoms with Crippen LogP contribution in [0.3, 0.4) is 0 Å². The number of nitrogens with zero attached hydrogens (tertiary/aromatic N) is 1. The normalized spacial score (nSPS) is 20.4. The highest BCUT2D eigenvalue weighted by Gasteiger charge is 2.42. The monoisotopic (exact) mass is 1740 g/mol. The number of thioether (sulfide) groups is 2. The van der Waals surface area contributed by atoms with Crippen molar-refractivity contribution in [1.82, 2.24) is 58.1 Å². The van der Waals surface area contributed by atoms with Gasteiger partial charge in [0.15, 0.2) is 11.6 Å². The maximum Gasteiger partial charge on any atom is 0.305 e. The summed E-state index contributed by atoms with van der Waals surface area (Å²) in [6.45, 7) is 16.7. The molecule has 2 aliphatic heterocycles. The number of unbranched alkanes of at least 4 members (excludes halogenated alkanes) is 14. The van der Waals surface area contributed by atoms with Gasteiger partial charge in [-0.05, 0) is 99.5 Å². The number of carbonyl (C=O) groups excluding carboxylic acids is 14. The van der Waals surface area contributed by atoms with Crippen molar-refractivity contribution in [3.63, 3.8) is 0 Å². The minimum Gasteiger partial charge on any atom is -0.481 e. The van der Waals surface area contributed by atoms with Gasteiger partial charge >= 0.3 is 17.9 Å². The van der Waals surface area contributed by atoms with Crippen LogP contribution in [0.2, 0.25) is 0 Å². The van der Waals surface area contributed by atoms with Gasteiger partial charge in [-0.15, -0.1) is 0 Å². The highest BCUT2D eigenvalue weighted by molar-refractivity contribution is 7.99. The number of benzene rings is 1. The summed E-state index contributed by atoms with van der Waals surface area (Å²) in [6, 6.07) is -6.66. The van der Waals surface area contributed by atoms with E-state index in [4.69, 9.17) is 5.73 Å². The van der Waals surface area contributed by atoms with Crippen molar-refractivity contribution in [2.75, 3.05) is 31.1 Å². The molecule has 682 valence electrons. The lowest BCUT2D eigenvalue weighted by atomic mass is 9.87. The Balaban J connectivity index is 2.11. The smallest absolute Gasteiger partial charge is 0.305 e. The van der Waals surface area contributed by atoms with Crippen LogP contribution in [0.5, 0.6) is 0 Å². The molecule has 1 saturated heterocycles. The number of carbonyl (C=O) groups is 17. The number of primary amides is 1. The first-order chi connectivity index (χ1) is 57.3. The standard InChI is InChI=1S/C86H140N12O21S2/c1-11-12-13-14-15-16-17-18-19-20-21-22-23-24-25-32-71(102)88-38-37-72(103)91-62(41-53(4)5)69(100)45-60(40-52(2)3)80(113)95-66-50-120-48-58-29-26-27-30-59(58)49-121-51-67(83(116)93-64(43-55(8)9)82(115)92-63(78(87)111)42-54(6)7)96-81(114)61(34-36-75(107)108)90-73(104)47-89-85(118)77(56(10)99)97-79(112)57(33-35-74(105)106)44-70(101)68-31-28-39-98(68)86(119)65(46-76(109)110)94-84(66)117/h26-27,29-30,52-57,60-68,77,99H,11-25,28,31-51H2,1-10H3,(H2,87,111)(H,88,102)(H,89,118)(H,90,104)(H,91,103)(H,92,115)(H,93,116)(H,94,117)(H,95,113)(H,96,114)(H,97,112)(H,105,106)(H,107,108)(H,109,110)/t56-,57-,60?,61+,62+,63+,64+,65+,66+,67+,68+,77+/m1/s1. The third-order valence-corrected chi connectivity index (χ3v) is 23.2. The van der Waals surface area contributed by atoms with Gasteiger partial charge in [0.25, 0.3) is 0 Å². The van der Waals surface area contributed by atoms with E-state index in [0.29, 0.717) is 24.0 Å². The van der Waals surface area contributed by atoms with Crippen LogP contribution in [-0.4, -0.2) is 217 Å². The molecular formula is C86H140N12O21S2. The van der Waals surface area contributed by atoms with E-state index in [1.54, 1.807) is 38.1 Å². The predicted octanol–water partition coefficient (Wildman–Crippen LogP) is 6.33. The van der Waals surface area contributed by atoms with Gasteiger partial charge in [0, 0.05) is 86.5 Å². The Bertz CT molecular complexity index is 3550. The summed E-state index contributed by atoms with van der Waals surface area (Å²) in [5, 5.41) is 66.6. The molecule has 3 rings (SSSR count). The Kier molecular flexibility index (Phi) is 51.3. The number of amides is 12. The molecular weight excluding hydrogens is 1600 g/mol. The maximum absolute atomic E-state index is 15.1. The van der Waals surface area contributed by atoms with Crippen molar-refractivity contribution >= 4 is 124 Å². The molecule has 121 heavy (non-hydrogen) atoms. The van der Waals surface area contributed by atoms with Gasteiger partial charge in [-0.25, -0.2) is 0 Å². The second kappa shape index (κ2) is 58.4. The zero-order chi connectivity index (χ0) is 90.3. The number of nitrogens with one attached hydrogen (secondary N) is 10. The number of nitrogens with two attached hydrogens (primary N) is 1. The number of ketones is 2. The Hall–Kier alpha value is -8.73. The summed E-state index contributed by atoms with van der Waals surface area (Å²) >= 11 is 2.23.